The molecule has 0 aliphatic carbocycles. The van der Waals surface area contributed by atoms with Crippen LogP contribution in [0.2, 0.25) is 4.34 Å². The van der Waals surface area contributed by atoms with E-state index >= 15 is 0 Å². The smallest absolute Gasteiger partial charge is 0.281 e. The quantitative estimate of drug-likeness (QED) is 0.674. The molecule has 20 heavy (non-hydrogen) atoms. The molecule has 1 aromatic carbocycles. The van der Waals surface area contributed by atoms with Gasteiger partial charge in [-0.2, -0.15) is 5.10 Å². The molecule has 0 saturated heterocycles. The summed E-state index contributed by atoms with van der Waals surface area (Å²) < 4.78 is 5.51. The Hall–Kier alpha value is -2.05. The van der Waals surface area contributed by atoms with E-state index in [0.717, 1.165) is 11.3 Å². The van der Waals surface area contributed by atoms with E-state index in [2.05, 4.69) is 10.5 Å². The highest BCUT2D eigenvalue weighted by molar-refractivity contribution is 7.17. The molecule has 0 aliphatic heterocycles. The van der Waals surface area contributed by atoms with E-state index in [4.69, 9.17) is 16.3 Å². The molecule has 1 heterocycles. The maximum atomic E-state index is 11.7. The number of methoxy groups -OCH3 is 1. The van der Waals surface area contributed by atoms with Crippen LogP contribution in [-0.4, -0.2) is 24.3 Å². The molecule has 1 aromatic heterocycles. The van der Waals surface area contributed by atoms with Crippen LogP contribution in [0.15, 0.2) is 35.4 Å². The summed E-state index contributed by atoms with van der Waals surface area (Å²) in [5.74, 6) is -0.0574. The third kappa shape index (κ3) is 3.28. The standard InChI is InChI=1S/C13H11ClN2O3S/c1-19-9-4-2-3-8(12(9)17)7-15-16-13(18)10-5-6-11(14)20-10/h2-7,17H,1H3,(H,16,18)/b15-7+. The van der Waals surface area contributed by atoms with Crippen molar-refractivity contribution >= 4 is 35.1 Å². The molecule has 0 radical (unpaired) electrons. The first kappa shape index (κ1) is 14.4. The summed E-state index contributed by atoms with van der Waals surface area (Å²) in [6, 6.07) is 8.23. The van der Waals surface area contributed by atoms with Gasteiger partial charge in [-0.15, -0.1) is 11.3 Å². The van der Waals surface area contributed by atoms with Gasteiger partial charge in [-0.1, -0.05) is 17.7 Å². The number of thiophene rings is 1. The summed E-state index contributed by atoms with van der Waals surface area (Å²) in [4.78, 5) is 12.2. The van der Waals surface area contributed by atoms with E-state index in [0.29, 0.717) is 20.5 Å². The van der Waals surface area contributed by atoms with Gasteiger partial charge in [-0.3, -0.25) is 4.79 Å². The topological polar surface area (TPSA) is 70.9 Å². The van der Waals surface area contributed by atoms with Crippen LogP contribution in [0.4, 0.5) is 0 Å². The molecule has 0 fully saturated rings. The lowest BCUT2D eigenvalue weighted by atomic mass is 10.2. The molecule has 2 aromatic rings. The Kier molecular flexibility index (Phi) is 4.60. The van der Waals surface area contributed by atoms with Crippen LogP contribution in [0, 0.1) is 0 Å². The van der Waals surface area contributed by atoms with Crippen LogP contribution in [0.25, 0.3) is 0 Å². The third-order valence-electron chi connectivity index (χ3n) is 2.42. The van der Waals surface area contributed by atoms with Gasteiger partial charge in [-0.05, 0) is 24.3 Å². The second-order valence-electron chi connectivity index (χ2n) is 3.70. The number of hydrogen-bond donors (Lipinski definition) is 2. The monoisotopic (exact) mass is 310 g/mol. The fraction of sp³-hybridized carbons (Fsp3) is 0.0769. The minimum Gasteiger partial charge on any atom is -0.504 e. The fourth-order valence-electron chi connectivity index (χ4n) is 1.46. The molecule has 0 bridgehead atoms. The van der Waals surface area contributed by atoms with Crippen LogP contribution in [-0.2, 0) is 0 Å². The Morgan fingerprint density at radius 1 is 1.45 bits per heavy atom. The summed E-state index contributed by atoms with van der Waals surface area (Å²) in [5, 5.41) is 13.6. The number of halogens is 1. The molecule has 2 rings (SSSR count). The maximum Gasteiger partial charge on any atom is 0.281 e. The molecule has 0 aliphatic rings. The summed E-state index contributed by atoms with van der Waals surface area (Å²) in [5.41, 5.74) is 2.79. The number of ether oxygens (including phenoxy) is 1. The summed E-state index contributed by atoms with van der Waals surface area (Å²) in [7, 11) is 1.46. The lowest BCUT2D eigenvalue weighted by Gasteiger charge is -2.04. The van der Waals surface area contributed by atoms with E-state index in [1.54, 1.807) is 30.3 Å². The number of hydrogen-bond acceptors (Lipinski definition) is 5. The van der Waals surface area contributed by atoms with Crippen LogP contribution >= 0.6 is 22.9 Å². The van der Waals surface area contributed by atoms with E-state index in [1.807, 2.05) is 0 Å². The Labute approximate surface area is 124 Å². The molecule has 0 atom stereocenters. The predicted molar refractivity (Wildman–Crippen MR) is 79.0 cm³/mol. The number of carbonyl (C=O) groups excluding carboxylic acids is 1. The SMILES string of the molecule is COc1cccc(/C=N/NC(=O)c2ccc(Cl)s2)c1O. The minimum absolute atomic E-state index is 0.0350. The van der Waals surface area contributed by atoms with Crippen molar-refractivity contribution in [3.63, 3.8) is 0 Å². The number of rotatable bonds is 4. The first-order valence-electron chi connectivity index (χ1n) is 5.56. The Morgan fingerprint density at radius 3 is 2.90 bits per heavy atom. The highest BCUT2D eigenvalue weighted by Crippen LogP contribution is 2.28. The van der Waals surface area contributed by atoms with Crippen molar-refractivity contribution in [3.8, 4) is 11.5 Å². The van der Waals surface area contributed by atoms with Crippen LogP contribution < -0.4 is 10.2 Å². The van der Waals surface area contributed by atoms with Crippen LogP contribution in [0.5, 0.6) is 11.5 Å². The second-order valence-corrected chi connectivity index (χ2v) is 5.42. The number of hydrazone groups is 1. The van der Waals surface area contributed by atoms with E-state index in [-0.39, 0.29) is 11.7 Å². The average Bonchev–Trinajstić information content (AvgIpc) is 2.87. The fourth-order valence-corrected chi connectivity index (χ4v) is 2.39. The van der Waals surface area contributed by atoms with Crippen molar-refractivity contribution in [3.05, 3.63) is 45.1 Å². The number of aromatic hydroxyl groups is 1. The number of benzene rings is 1. The van der Waals surface area contributed by atoms with Crippen molar-refractivity contribution in [1.29, 1.82) is 0 Å². The highest BCUT2D eigenvalue weighted by Gasteiger charge is 2.08. The molecule has 1 amide bonds. The van der Waals surface area contributed by atoms with Gasteiger partial charge in [-0.25, -0.2) is 5.43 Å². The largest absolute Gasteiger partial charge is 0.504 e. The van der Waals surface area contributed by atoms with E-state index in [1.165, 1.54) is 13.3 Å². The lowest BCUT2D eigenvalue weighted by molar-refractivity contribution is 0.0959. The van der Waals surface area contributed by atoms with Crippen molar-refractivity contribution in [1.82, 2.24) is 5.43 Å². The van der Waals surface area contributed by atoms with Gasteiger partial charge in [0.1, 0.15) is 0 Å². The maximum absolute atomic E-state index is 11.7. The lowest BCUT2D eigenvalue weighted by Crippen LogP contribution is -2.16. The van der Waals surface area contributed by atoms with E-state index < -0.39 is 0 Å². The van der Waals surface area contributed by atoms with Gasteiger partial charge in [0.15, 0.2) is 11.5 Å². The second kappa shape index (κ2) is 6.40. The number of nitrogens with one attached hydrogen (secondary N) is 1. The van der Waals surface area contributed by atoms with Gasteiger partial charge >= 0.3 is 0 Å². The summed E-state index contributed by atoms with van der Waals surface area (Å²) >= 11 is 6.90. The predicted octanol–water partition coefficient (Wildman–Crippen LogP) is 2.88. The van der Waals surface area contributed by atoms with Crippen LogP contribution in [0.3, 0.4) is 0 Å². The molecular weight excluding hydrogens is 300 g/mol. The zero-order chi connectivity index (χ0) is 14.5. The summed E-state index contributed by atoms with van der Waals surface area (Å²) in [6.45, 7) is 0. The number of nitrogens with zero attached hydrogens (tertiary/aromatic N) is 1. The Morgan fingerprint density at radius 2 is 2.25 bits per heavy atom. The van der Waals surface area contributed by atoms with Gasteiger partial charge in [0.25, 0.3) is 5.91 Å². The Bertz CT molecular complexity index is 655. The Balaban J connectivity index is 2.05. The first-order chi connectivity index (χ1) is 9.61. The molecule has 0 unspecified atom stereocenters. The molecule has 0 spiro atoms. The van der Waals surface area contributed by atoms with Gasteiger partial charge in [0.05, 0.1) is 22.5 Å². The molecule has 2 N–H and O–H groups in total. The summed E-state index contributed by atoms with van der Waals surface area (Å²) in [6.07, 6.45) is 1.34. The van der Waals surface area contributed by atoms with Gasteiger partial charge < -0.3 is 9.84 Å². The first-order valence-corrected chi connectivity index (χ1v) is 6.76. The third-order valence-corrected chi connectivity index (χ3v) is 3.65. The highest BCUT2D eigenvalue weighted by atomic mass is 35.5. The number of phenols is 1. The average molecular weight is 311 g/mol. The molecular formula is C13H11ClN2O3S. The van der Waals surface area contributed by atoms with Crippen molar-refractivity contribution in [2.24, 2.45) is 5.10 Å². The van der Waals surface area contributed by atoms with Crippen molar-refractivity contribution in [2.45, 2.75) is 0 Å². The minimum atomic E-state index is -0.361. The number of para-hydroxylation sites is 1. The van der Waals surface area contributed by atoms with Crippen LogP contribution in [0.1, 0.15) is 15.2 Å². The molecule has 104 valence electrons. The van der Waals surface area contributed by atoms with Crippen molar-refractivity contribution < 1.29 is 14.6 Å². The van der Waals surface area contributed by atoms with E-state index in [9.17, 15) is 9.90 Å². The van der Waals surface area contributed by atoms with Gasteiger partial charge in [0, 0.05) is 5.56 Å². The van der Waals surface area contributed by atoms with Gasteiger partial charge in [0.2, 0.25) is 0 Å². The zero-order valence-corrected chi connectivity index (χ0v) is 12.0. The molecule has 5 nitrogen and oxygen atoms in total. The number of phenolic OH excluding ortho intramolecular Hbond substituents is 1. The molecule has 7 heteroatoms. The van der Waals surface area contributed by atoms with Crippen molar-refractivity contribution in [2.75, 3.05) is 7.11 Å². The zero-order valence-electron chi connectivity index (χ0n) is 10.5. The molecule has 0 saturated carbocycles. The normalized spacial score (nSPS) is 10.7. The number of amides is 1. The number of carbonyl (C=O) groups is 1.